The van der Waals surface area contributed by atoms with Crippen molar-refractivity contribution >= 4 is 29.1 Å². The second-order valence-electron chi connectivity index (χ2n) is 5.15. The third kappa shape index (κ3) is 3.88. The van der Waals surface area contributed by atoms with Crippen LogP contribution < -0.4 is 5.73 Å². The highest BCUT2D eigenvalue weighted by molar-refractivity contribution is 7.99. The lowest BCUT2D eigenvalue weighted by molar-refractivity contribution is 0.425. The van der Waals surface area contributed by atoms with E-state index in [1.54, 1.807) is 23.9 Å². The van der Waals surface area contributed by atoms with E-state index in [0.717, 1.165) is 11.3 Å². The molecule has 0 bridgehead atoms. The van der Waals surface area contributed by atoms with E-state index >= 15 is 0 Å². The van der Waals surface area contributed by atoms with Crippen LogP contribution in [-0.4, -0.2) is 14.9 Å². The van der Waals surface area contributed by atoms with Gasteiger partial charge in [-0.2, -0.15) is 4.98 Å². The largest absolute Gasteiger partial charge is 0.398 e. The van der Waals surface area contributed by atoms with Crippen LogP contribution >= 0.6 is 23.4 Å². The van der Waals surface area contributed by atoms with Gasteiger partial charge in [-0.15, -0.1) is 11.8 Å². The van der Waals surface area contributed by atoms with Gasteiger partial charge in [0.15, 0.2) is 5.82 Å². The van der Waals surface area contributed by atoms with Gasteiger partial charge < -0.3 is 10.3 Å². The van der Waals surface area contributed by atoms with Crippen molar-refractivity contribution < 1.29 is 4.52 Å². The molecule has 0 fully saturated rings. The lowest BCUT2D eigenvalue weighted by Crippen LogP contribution is -2.07. The molecule has 0 amide bonds. The first-order valence-corrected chi connectivity index (χ1v) is 7.23. The van der Waals surface area contributed by atoms with Crippen molar-refractivity contribution in [2.24, 2.45) is 0 Å². The number of benzene rings is 1. The summed E-state index contributed by atoms with van der Waals surface area (Å²) in [6, 6.07) is 5.27. The van der Waals surface area contributed by atoms with E-state index in [4.69, 9.17) is 21.9 Å². The van der Waals surface area contributed by atoms with Crippen LogP contribution in [0, 0.1) is 0 Å². The molecule has 1 aromatic heterocycles. The standard InChI is InChI=1S/C13H16ClN3OS/c1-13(2,3)19-7-11-16-12(18-17-11)8-4-5-10(15)9(14)6-8/h4-6H,7,15H2,1-3H3. The minimum atomic E-state index is 0.172. The SMILES string of the molecule is CC(C)(C)SCc1noc(-c2ccc(N)c(Cl)c2)n1. The van der Waals surface area contributed by atoms with Crippen molar-refractivity contribution in [3.05, 3.63) is 29.0 Å². The van der Waals surface area contributed by atoms with E-state index in [1.807, 2.05) is 6.07 Å². The van der Waals surface area contributed by atoms with Gasteiger partial charge in [-0.25, -0.2) is 0 Å². The highest BCUT2D eigenvalue weighted by Gasteiger charge is 2.15. The predicted molar refractivity (Wildman–Crippen MR) is 80.2 cm³/mol. The first kappa shape index (κ1) is 14.2. The van der Waals surface area contributed by atoms with Crippen LogP contribution in [0.2, 0.25) is 5.02 Å². The van der Waals surface area contributed by atoms with Crippen LogP contribution in [0.5, 0.6) is 0 Å². The Labute approximate surface area is 121 Å². The minimum absolute atomic E-state index is 0.172. The van der Waals surface area contributed by atoms with Crippen molar-refractivity contribution in [1.29, 1.82) is 0 Å². The molecule has 102 valence electrons. The molecule has 4 nitrogen and oxygen atoms in total. The van der Waals surface area contributed by atoms with Gasteiger partial charge in [-0.3, -0.25) is 0 Å². The quantitative estimate of drug-likeness (QED) is 0.867. The Hall–Kier alpha value is -1.20. The third-order valence-electron chi connectivity index (χ3n) is 2.35. The molecule has 2 aromatic rings. The van der Waals surface area contributed by atoms with Gasteiger partial charge in [0.05, 0.1) is 16.5 Å². The van der Waals surface area contributed by atoms with Crippen LogP contribution in [0.25, 0.3) is 11.5 Å². The van der Waals surface area contributed by atoms with E-state index in [9.17, 15) is 0 Å². The van der Waals surface area contributed by atoms with E-state index in [2.05, 4.69) is 30.9 Å². The fourth-order valence-corrected chi connectivity index (χ4v) is 2.23. The van der Waals surface area contributed by atoms with Crippen LogP contribution in [-0.2, 0) is 5.75 Å². The molecule has 0 aliphatic heterocycles. The van der Waals surface area contributed by atoms with Gasteiger partial charge in [-0.1, -0.05) is 37.5 Å². The second-order valence-corrected chi connectivity index (χ2v) is 7.36. The molecule has 0 radical (unpaired) electrons. The molecule has 0 spiro atoms. The van der Waals surface area contributed by atoms with E-state index in [-0.39, 0.29) is 4.75 Å². The molecule has 1 heterocycles. The Bertz CT molecular complexity index is 578. The fraction of sp³-hybridized carbons (Fsp3) is 0.385. The van der Waals surface area contributed by atoms with Crippen molar-refractivity contribution in [3.8, 4) is 11.5 Å². The van der Waals surface area contributed by atoms with Crippen molar-refractivity contribution in [3.63, 3.8) is 0 Å². The molecule has 0 atom stereocenters. The molecule has 0 saturated carbocycles. The summed E-state index contributed by atoms with van der Waals surface area (Å²) in [5.74, 6) is 1.87. The smallest absolute Gasteiger partial charge is 0.258 e. The molecule has 1 aromatic carbocycles. The summed E-state index contributed by atoms with van der Waals surface area (Å²) in [5.41, 5.74) is 6.98. The predicted octanol–water partition coefficient (Wildman–Crippen LogP) is 4.00. The lowest BCUT2D eigenvalue weighted by atomic mass is 10.2. The van der Waals surface area contributed by atoms with Crippen molar-refractivity contribution in [2.75, 3.05) is 5.73 Å². The Morgan fingerprint density at radius 2 is 2.11 bits per heavy atom. The molecule has 0 aliphatic rings. The van der Waals surface area contributed by atoms with Crippen molar-refractivity contribution in [1.82, 2.24) is 10.1 Å². The minimum Gasteiger partial charge on any atom is -0.398 e. The number of rotatable bonds is 3. The number of hydrogen-bond donors (Lipinski definition) is 1. The van der Waals surface area contributed by atoms with Crippen LogP contribution in [0.15, 0.2) is 22.7 Å². The number of thioether (sulfide) groups is 1. The zero-order valence-corrected chi connectivity index (χ0v) is 12.7. The van der Waals surface area contributed by atoms with E-state index in [1.165, 1.54) is 0 Å². The lowest BCUT2D eigenvalue weighted by Gasteiger charge is -2.15. The second kappa shape index (κ2) is 5.43. The number of nitrogen functional groups attached to an aromatic ring is 1. The Kier molecular flexibility index (Phi) is 4.06. The zero-order valence-electron chi connectivity index (χ0n) is 11.1. The molecule has 6 heteroatoms. The summed E-state index contributed by atoms with van der Waals surface area (Å²) in [4.78, 5) is 4.36. The summed E-state index contributed by atoms with van der Waals surface area (Å²) in [6.45, 7) is 6.45. The number of aromatic nitrogens is 2. The molecule has 19 heavy (non-hydrogen) atoms. The molecular weight excluding hydrogens is 282 g/mol. The van der Waals surface area contributed by atoms with Crippen molar-refractivity contribution in [2.45, 2.75) is 31.3 Å². The van der Waals surface area contributed by atoms with Gasteiger partial charge in [0.25, 0.3) is 5.89 Å². The third-order valence-corrected chi connectivity index (χ3v) is 3.95. The Morgan fingerprint density at radius 3 is 2.74 bits per heavy atom. The van der Waals surface area contributed by atoms with Crippen LogP contribution in [0.4, 0.5) is 5.69 Å². The average molecular weight is 298 g/mol. The maximum Gasteiger partial charge on any atom is 0.258 e. The molecule has 2 rings (SSSR count). The topological polar surface area (TPSA) is 64.9 Å². The van der Waals surface area contributed by atoms with Crippen LogP contribution in [0.1, 0.15) is 26.6 Å². The average Bonchev–Trinajstić information content (AvgIpc) is 2.78. The van der Waals surface area contributed by atoms with Gasteiger partial charge in [0.2, 0.25) is 0 Å². The fourth-order valence-electron chi connectivity index (χ4n) is 1.37. The Morgan fingerprint density at radius 1 is 1.37 bits per heavy atom. The normalized spacial score (nSPS) is 11.8. The zero-order chi connectivity index (χ0) is 14.0. The van der Waals surface area contributed by atoms with Gasteiger partial charge >= 0.3 is 0 Å². The van der Waals surface area contributed by atoms with Gasteiger partial charge in [0.1, 0.15) is 0 Å². The summed E-state index contributed by atoms with van der Waals surface area (Å²) in [7, 11) is 0. The monoisotopic (exact) mass is 297 g/mol. The maximum absolute atomic E-state index is 5.97. The molecule has 0 aliphatic carbocycles. The van der Waals surface area contributed by atoms with Crippen LogP contribution in [0.3, 0.4) is 0 Å². The van der Waals surface area contributed by atoms with E-state index in [0.29, 0.717) is 22.4 Å². The number of hydrogen-bond acceptors (Lipinski definition) is 5. The number of nitrogens with zero attached hydrogens (tertiary/aromatic N) is 2. The molecule has 0 saturated heterocycles. The van der Waals surface area contributed by atoms with Gasteiger partial charge in [0, 0.05) is 10.3 Å². The summed E-state index contributed by atoms with van der Waals surface area (Å²) >= 11 is 7.74. The summed E-state index contributed by atoms with van der Waals surface area (Å²) in [6.07, 6.45) is 0. The summed E-state index contributed by atoms with van der Waals surface area (Å²) in [5, 5.41) is 4.45. The first-order valence-electron chi connectivity index (χ1n) is 5.87. The van der Waals surface area contributed by atoms with Gasteiger partial charge in [-0.05, 0) is 18.2 Å². The number of nitrogens with two attached hydrogens (primary N) is 1. The van der Waals surface area contributed by atoms with E-state index < -0.39 is 0 Å². The Balaban J connectivity index is 2.14. The summed E-state index contributed by atoms with van der Waals surface area (Å²) < 4.78 is 5.41. The highest BCUT2D eigenvalue weighted by Crippen LogP contribution is 2.28. The first-order chi connectivity index (χ1) is 8.85. The molecular formula is C13H16ClN3OS. The number of halogens is 1. The number of anilines is 1. The molecule has 0 unspecified atom stereocenters. The highest BCUT2D eigenvalue weighted by atomic mass is 35.5. The maximum atomic E-state index is 5.97. The molecule has 2 N–H and O–H groups in total.